The molecule has 0 aliphatic rings. The molecule has 0 aliphatic carbocycles. The first kappa shape index (κ1) is 14.5. The second-order valence-corrected chi connectivity index (χ2v) is 4.63. The molecule has 1 heteroatoms. The lowest BCUT2D eigenvalue weighted by atomic mass is 9.87. The maximum atomic E-state index is 3.64. The van der Waals surface area contributed by atoms with Crippen molar-refractivity contribution in [2.75, 3.05) is 6.54 Å². The van der Waals surface area contributed by atoms with Crippen molar-refractivity contribution in [1.82, 2.24) is 5.32 Å². The molecule has 0 saturated carbocycles. The zero-order valence-corrected chi connectivity index (χ0v) is 11.1. The quantitative estimate of drug-likeness (QED) is 0.633. The molecule has 0 aromatic heterocycles. The summed E-state index contributed by atoms with van der Waals surface area (Å²) in [5.74, 6) is 7.60. The van der Waals surface area contributed by atoms with Gasteiger partial charge in [-0.15, -0.1) is 11.8 Å². The fourth-order valence-electron chi connectivity index (χ4n) is 1.70. The van der Waals surface area contributed by atoms with Gasteiger partial charge in [-0.05, 0) is 38.1 Å². The van der Waals surface area contributed by atoms with E-state index in [2.05, 4.69) is 44.9 Å². The highest BCUT2D eigenvalue weighted by Crippen LogP contribution is 2.18. The Morgan fingerprint density at radius 2 is 1.87 bits per heavy atom. The Balaban J connectivity index is 4.08. The first-order chi connectivity index (χ1) is 7.13. The van der Waals surface area contributed by atoms with Crippen LogP contribution in [0.15, 0.2) is 0 Å². The lowest BCUT2D eigenvalue weighted by Gasteiger charge is -2.27. The van der Waals surface area contributed by atoms with Gasteiger partial charge in [-0.3, -0.25) is 0 Å². The molecule has 88 valence electrons. The van der Waals surface area contributed by atoms with Crippen LogP contribution in [0.1, 0.15) is 53.9 Å². The van der Waals surface area contributed by atoms with Crippen LogP contribution >= 0.6 is 0 Å². The molecule has 0 aliphatic heterocycles. The standard InChI is InChI=1S/C14H27N/c1-6-8-9-10-14(15-11-7-2)13(5)12(3)4/h12-15H,7,9-11H2,1-5H3. The maximum absolute atomic E-state index is 3.64. The van der Waals surface area contributed by atoms with Gasteiger partial charge in [0.15, 0.2) is 0 Å². The van der Waals surface area contributed by atoms with E-state index in [0.717, 1.165) is 24.8 Å². The number of nitrogens with one attached hydrogen (secondary N) is 1. The number of hydrogen-bond donors (Lipinski definition) is 1. The molecule has 1 nitrogen and oxygen atoms in total. The van der Waals surface area contributed by atoms with Crippen molar-refractivity contribution < 1.29 is 0 Å². The fourth-order valence-corrected chi connectivity index (χ4v) is 1.70. The van der Waals surface area contributed by atoms with Gasteiger partial charge in [0.05, 0.1) is 0 Å². The van der Waals surface area contributed by atoms with Crippen molar-refractivity contribution in [2.24, 2.45) is 11.8 Å². The Hall–Kier alpha value is -0.480. The van der Waals surface area contributed by atoms with Gasteiger partial charge in [0.2, 0.25) is 0 Å². The maximum Gasteiger partial charge on any atom is 0.0104 e. The Labute approximate surface area is 96.0 Å². The predicted octanol–water partition coefficient (Wildman–Crippen LogP) is 3.45. The first-order valence-corrected chi connectivity index (χ1v) is 6.26. The summed E-state index contributed by atoms with van der Waals surface area (Å²) in [6.45, 7) is 12.2. The van der Waals surface area contributed by atoms with Gasteiger partial charge < -0.3 is 5.32 Å². The van der Waals surface area contributed by atoms with Gasteiger partial charge in [-0.1, -0.05) is 27.7 Å². The molecule has 1 N–H and O–H groups in total. The van der Waals surface area contributed by atoms with Gasteiger partial charge in [0.25, 0.3) is 0 Å². The summed E-state index contributed by atoms with van der Waals surface area (Å²) < 4.78 is 0. The summed E-state index contributed by atoms with van der Waals surface area (Å²) in [6, 6.07) is 0.630. The van der Waals surface area contributed by atoms with Crippen LogP contribution in [0, 0.1) is 23.7 Å². The molecular formula is C14H27N. The second-order valence-electron chi connectivity index (χ2n) is 4.63. The summed E-state index contributed by atoms with van der Waals surface area (Å²) >= 11 is 0. The van der Waals surface area contributed by atoms with E-state index in [1.54, 1.807) is 0 Å². The summed E-state index contributed by atoms with van der Waals surface area (Å²) in [7, 11) is 0. The molecule has 0 bridgehead atoms. The van der Waals surface area contributed by atoms with Crippen molar-refractivity contribution in [3.63, 3.8) is 0 Å². The van der Waals surface area contributed by atoms with Gasteiger partial charge in [-0.2, -0.15) is 0 Å². The summed E-state index contributed by atoms with van der Waals surface area (Å²) in [4.78, 5) is 0. The highest BCUT2D eigenvalue weighted by molar-refractivity contribution is 4.96. The molecule has 2 unspecified atom stereocenters. The average Bonchev–Trinajstić information content (AvgIpc) is 2.22. The molecule has 0 aromatic rings. The molecule has 0 saturated heterocycles. The minimum Gasteiger partial charge on any atom is -0.314 e. The van der Waals surface area contributed by atoms with Crippen molar-refractivity contribution in [3.8, 4) is 11.8 Å². The third-order valence-corrected chi connectivity index (χ3v) is 3.10. The van der Waals surface area contributed by atoms with Crippen LogP contribution in [0.4, 0.5) is 0 Å². The lowest BCUT2D eigenvalue weighted by molar-refractivity contribution is 0.288. The molecule has 15 heavy (non-hydrogen) atoms. The van der Waals surface area contributed by atoms with Crippen molar-refractivity contribution in [3.05, 3.63) is 0 Å². The zero-order valence-electron chi connectivity index (χ0n) is 11.1. The van der Waals surface area contributed by atoms with Crippen LogP contribution in [-0.2, 0) is 0 Å². The monoisotopic (exact) mass is 209 g/mol. The third-order valence-electron chi connectivity index (χ3n) is 3.10. The zero-order chi connectivity index (χ0) is 11.7. The Morgan fingerprint density at radius 3 is 2.33 bits per heavy atom. The van der Waals surface area contributed by atoms with Crippen molar-refractivity contribution in [1.29, 1.82) is 0 Å². The van der Waals surface area contributed by atoms with E-state index < -0.39 is 0 Å². The number of rotatable bonds is 7. The molecule has 0 amide bonds. The molecule has 0 aromatic carbocycles. The average molecular weight is 209 g/mol. The highest BCUT2D eigenvalue weighted by Gasteiger charge is 2.18. The second kappa shape index (κ2) is 8.80. The molecule has 2 atom stereocenters. The first-order valence-electron chi connectivity index (χ1n) is 6.26. The van der Waals surface area contributed by atoms with Crippen LogP contribution < -0.4 is 5.32 Å². The Morgan fingerprint density at radius 1 is 1.20 bits per heavy atom. The van der Waals surface area contributed by atoms with Crippen LogP contribution in [0.2, 0.25) is 0 Å². The summed E-state index contributed by atoms with van der Waals surface area (Å²) in [5, 5.41) is 3.64. The van der Waals surface area contributed by atoms with Crippen molar-refractivity contribution in [2.45, 2.75) is 59.9 Å². The topological polar surface area (TPSA) is 12.0 Å². The van der Waals surface area contributed by atoms with Crippen molar-refractivity contribution >= 4 is 0 Å². The molecule has 0 heterocycles. The van der Waals surface area contributed by atoms with Crippen LogP contribution in [-0.4, -0.2) is 12.6 Å². The highest BCUT2D eigenvalue weighted by atomic mass is 14.9. The summed E-state index contributed by atoms with van der Waals surface area (Å²) in [5.41, 5.74) is 0. The smallest absolute Gasteiger partial charge is 0.0104 e. The van der Waals surface area contributed by atoms with Gasteiger partial charge in [0, 0.05) is 12.5 Å². The molecule has 0 fully saturated rings. The molecule has 0 radical (unpaired) electrons. The van der Waals surface area contributed by atoms with E-state index in [1.807, 2.05) is 6.92 Å². The minimum absolute atomic E-state index is 0.630. The van der Waals surface area contributed by atoms with Crippen LogP contribution in [0.3, 0.4) is 0 Å². The Kier molecular flexibility index (Phi) is 8.52. The number of hydrogen-bond acceptors (Lipinski definition) is 1. The minimum atomic E-state index is 0.630. The van der Waals surface area contributed by atoms with Crippen LogP contribution in [0.25, 0.3) is 0 Å². The summed E-state index contributed by atoms with van der Waals surface area (Å²) in [6.07, 6.45) is 3.41. The van der Waals surface area contributed by atoms with E-state index in [1.165, 1.54) is 12.8 Å². The van der Waals surface area contributed by atoms with Gasteiger partial charge in [-0.25, -0.2) is 0 Å². The SMILES string of the molecule is CC#CCCC(NCCC)C(C)C(C)C. The van der Waals surface area contributed by atoms with Crippen LogP contribution in [0.5, 0.6) is 0 Å². The van der Waals surface area contributed by atoms with E-state index in [-0.39, 0.29) is 0 Å². The lowest BCUT2D eigenvalue weighted by Crippen LogP contribution is -2.37. The third kappa shape index (κ3) is 6.57. The van der Waals surface area contributed by atoms with E-state index >= 15 is 0 Å². The van der Waals surface area contributed by atoms with E-state index in [4.69, 9.17) is 0 Å². The van der Waals surface area contributed by atoms with E-state index in [9.17, 15) is 0 Å². The van der Waals surface area contributed by atoms with Gasteiger partial charge >= 0.3 is 0 Å². The fraction of sp³-hybridized carbons (Fsp3) is 0.857. The molecular weight excluding hydrogens is 182 g/mol. The molecule has 0 spiro atoms. The largest absolute Gasteiger partial charge is 0.314 e. The predicted molar refractivity (Wildman–Crippen MR) is 68.8 cm³/mol. The van der Waals surface area contributed by atoms with Gasteiger partial charge in [0.1, 0.15) is 0 Å². The normalized spacial score (nSPS) is 14.5. The Bertz CT molecular complexity index is 197. The van der Waals surface area contributed by atoms with E-state index in [0.29, 0.717) is 6.04 Å². The molecule has 0 rings (SSSR count).